The molecule has 0 spiro atoms. The van der Waals surface area contributed by atoms with Gasteiger partial charge in [0.1, 0.15) is 5.82 Å². The van der Waals surface area contributed by atoms with Crippen molar-refractivity contribution in [2.75, 3.05) is 18.5 Å². The van der Waals surface area contributed by atoms with Crippen molar-refractivity contribution < 1.29 is 23.5 Å². The van der Waals surface area contributed by atoms with E-state index in [9.17, 15) is 18.8 Å². The number of para-hydroxylation sites is 1. The summed E-state index contributed by atoms with van der Waals surface area (Å²) in [5.41, 5.74) is 0.413. The summed E-state index contributed by atoms with van der Waals surface area (Å²) in [5.74, 6) is -2.26. The maximum absolute atomic E-state index is 13.4. The minimum atomic E-state index is -0.662. The zero-order valence-electron chi connectivity index (χ0n) is 13.6. The highest BCUT2D eigenvalue weighted by molar-refractivity contribution is 6.30. The molecule has 0 saturated heterocycles. The van der Waals surface area contributed by atoms with Gasteiger partial charge in [0, 0.05) is 17.1 Å². The molecule has 0 aliphatic rings. The van der Waals surface area contributed by atoms with E-state index >= 15 is 0 Å². The number of halogens is 2. The van der Waals surface area contributed by atoms with E-state index in [1.807, 2.05) is 0 Å². The van der Waals surface area contributed by atoms with Gasteiger partial charge < -0.3 is 15.4 Å². The SMILES string of the molecule is O=C(COC(=O)CCNC(=O)c1ccc(Cl)cc1)Nc1ccccc1F. The molecule has 0 radical (unpaired) electrons. The van der Waals surface area contributed by atoms with Crippen LogP contribution in [0.15, 0.2) is 48.5 Å². The summed E-state index contributed by atoms with van der Waals surface area (Å²) >= 11 is 5.74. The number of carbonyl (C=O) groups is 3. The van der Waals surface area contributed by atoms with E-state index in [2.05, 4.69) is 10.6 Å². The van der Waals surface area contributed by atoms with Crippen molar-refractivity contribution in [3.63, 3.8) is 0 Å². The van der Waals surface area contributed by atoms with Gasteiger partial charge in [0.2, 0.25) is 0 Å². The van der Waals surface area contributed by atoms with Crippen LogP contribution in [0.5, 0.6) is 0 Å². The monoisotopic (exact) mass is 378 g/mol. The van der Waals surface area contributed by atoms with Crippen LogP contribution < -0.4 is 10.6 Å². The molecule has 0 aliphatic heterocycles. The lowest BCUT2D eigenvalue weighted by atomic mass is 10.2. The number of hydrogen-bond acceptors (Lipinski definition) is 4. The fourth-order valence-corrected chi connectivity index (χ4v) is 2.07. The second-order valence-electron chi connectivity index (χ2n) is 5.20. The van der Waals surface area contributed by atoms with Crippen LogP contribution in [0.2, 0.25) is 5.02 Å². The van der Waals surface area contributed by atoms with E-state index < -0.39 is 24.3 Å². The predicted octanol–water partition coefficient (Wildman–Crippen LogP) is 2.78. The summed E-state index contributed by atoms with van der Waals surface area (Å²) in [6.45, 7) is -0.493. The lowest BCUT2D eigenvalue weighted by molar-refractivity contribution is -0.147. The Morgan fingerprint density at radius 3 is 2.42 bits per heavy atom. The Bertz CT molecular complexity index is 796. The van der Waals surface area contributed by atoms with Gasteiger partial charge in [-0.3, -0.25) is 14.4 Å². The minimum absolute atomic E-state index is 0.00350. The first-order valence-corrected chi connectivity index (χ1v) is 8.07. The van der Waals surface area contributed by atoms with Crippen LogP contribution in [0.3, 0.4) is 0 Å². The summed E-state index contributed by atoms with van der Waals surface area (Å²) in [7, 11) is 0. The normalized spacial score (nSPS) is 10.1. The van der Waals surface area contributed by atoms with Gasteiger partial charge in [-0.15, -0.1) is 0 Å². The summed E-state index contributed by atoms with van der Waals surface area (Å²) in [6, 6.07) is 11.9. The lowest BCUT2D eigenvalue weighted by Crippen LogP contribution is -2.27. The Morgan fingerprint density at radius 2 is 1.73 bits per heavy atom. The molecule has 26 heavy (non-hydrogen) atoms. The van der Waals surface area contributed by atoms with Gasteiger partial charge in [0.15, 0.2) is 6.61 Å². The molecular formula is C18H16ClFN2O4. The van der Waals surface area contributed by atoms with Gasteiger partial charge in [-0.25, -0.2) is 4.39 Å². The second kappa shape index (κ2) is 9.53. The molecule has 2 aromatic carbocycles. The average Bonchev–Trinajstić information content (AvgIpc) is 2.62. The van der Waals surface area contributed by atoms with Gasteiger partial charge >= 0.3 is 5.97 Å². The molecule has 0 atom stereocenters. The quantitative estimate of drug-likeness (QED) is 0.725. The van der Waals surface area contributed by atoms with Crippen molar-refractivity contribution in [1.82, 2.24) is 5.32 Å². The van der Waals surface area contributed by atoms with Crippen molar-refractivity contribution in [2.45, 2.75) is 6.42 Å². The molecule has 6 nitrogen and oxygen atoms in total. The molecule has 2 amide bonds. The number of carbonyl (C=O) groups excluding carboxylic acids is 3. The van der Waals surface area contributed by atoms with Crippen LogP contribution in [0.25, 0.3) is 0 Å². The average molecular weight is 379 g/mol. The number of anilines is 1. The largest absolute Gasteiger partial charge is 0.456 e. The Balaban J connectivity index is 1.67. The number of ether oxygens (including phenoxy) is 1. The highest BCUT2D eigenvalue weighted by atomic mass is 35.5. The van der Waals surface area contributed by atoms with Gasteiger partial charge in [0.25, 0.3) is 11.8 Å². The third-order valence-corrected chi connectivity index (χ3v) is 3.49. The summed E-state index contributed by atoms with van der Waals surface area (Å²) in [6.07, 6.45) is -0.105. The van der Waals surface area contributed by atoms with Crippen molar-refractivity contribution in [3.8, 4) is 0 Å². The van der Waals surface area contributed by atoms with Crippen LogP contribution in [-0.4, -0.2) is 30.9 Å². The number of benzene rings is 2. The molecule has 2 N–H and O–H groups in total. The molecule has 136 valence electrons. The first-order valence-electron chi connectivity index (χ1n) is 7.69. The first-order chi connectivity index (χ1) is 12.5. The molecule has 0 aliphatic carbocycles. The van der Waals surface area contributed by atoms with E-state index in [1.165, 1.54) is 18.2 Å². The van der Waals surface area contributed by atoms with Crippen molar-refractivity contribution >= 4 is 35.1 Å². The highest BCUT2D eigenvalue weighted by Gasteiger charge is 2.11. The molecule has 0 aromatic heterocycles. The Labute approximate surface area is 154 Å². The van der Waals surface area contributed by atoms with Gasteiger partial charge in [0.05, 0.1) is 12.1 Å². The zero-order valence-corrected chi connectivity index (χ0v) is 14.4. The Hall–Kier alpha value is -2.93. The van der Waals surface area contributed by atoms with Gasteiger partial charge in [-0.2, -0.15) is 0 Å². The zero-order chi connectivity index (χ0) is 18.9. The number of nitrogens with one attached hydrogen (secondary N) is 2. The molecule has 0 bridgehead atoms. The second-order valence-corrected chi connectivity index (χ2v) is 5.64. The van der Waals surface area contributed by atoms with Crippen LogP contribution in [0.4, 0.5) is 10.1 Å². The lowest BCUT2D eigenvalue weighted by Gasteiger charge is -2.08. The van der Waals surface area contributed by atoms with Crippen LogP contribution in [0.1, 0.15) is 16.8 Å². The summed E-state index contributed by atoms with van der Waals surface area (Å²) < 4.78 is 18.2. The summed E-state index contributed by atoms with van der Waals surface area (Å²) in [5, 5.41) is 5.36. The number of hydrogen-bond donors (Lipinski definition) is 2. The topological polar surface area (TPSA) is 84.5 Å². The van der Waals surface area contributed by atoms with E-state index in [0.717, 1.165) is 0 Å². The van der Waals surface area contributed by atoms with E-state index in [0.29, 0.717) is 10.6 Å². The smallest absolute Gasteiger partial charge is 0.308 e. The van der Waals surface area contributed by atoms with E-state index in [-0.39, 0.29) is 24.6 Å². The first kappa shape index (κ1) is 19.4. The van der Waals surface area contributed by atoms with Gasteiger partial charge in [-0.1, -0.05) is 23.7 Å². The van der Waals surface area contributed by atoms with Gasteiger partial charge in [-0.05, 0) is 36.4 Å². The van der Waals surface area contributed by atoms with E-state index in [1.54, 1.807) is 30.3 Å². The molecule has 2 rings (SSSR count). The molecule has 8 heteroatoms. The number of rotatable bonds is 7. The maximum atomic E-state index is 13.4. The van der Waals surface area contributed by atoms with Crippen LogP contribution in [0, 0.1) is 5.82 Å². The van der Waals surface area contributed by atoms with Crippen molar-refractivity contribution in [1.29, 1.82) is 0 Å². The molecule has 2 aromatic rings. The predicted molar refractivity (Wildman–Crippen MR) is 94.4 cm³/mol. The Kier molecular flexibility index (Phi) is 7.11. The Morgan fingerprint density at radius 1 is 1.04 bits per heavy atom. The van der Waals surface area contributed by atoms with Crippen LogP contribution in [-0.2, 0) is 14.3 Å². The highest BCUT2D eigenvalue weighted by Crippen LogP contribution is 2.12. The fraction of sp³-hybridized carbons (Fsp3) is 0.167. The van der Waals surface area contributed by atoms with Crippen molar-refractivity contribution in [3.05, 3.63) is 64.9 Å². The molecule has 0 saturated carbocycles. The van der Waals surface area contributed by atoms with E-state index in [4.69, 9.17) is 16.3 Å². The molecule has 0 unspecified atom stereocenters. The molecule has 0 heterocycles. The maximum Gasteiger partial charge on any atom is 0.308 e. The third-order valence-electron chi connectivity index (χ3n) is 3.23. The molecule has 0 fully saturated rings. The van der Waals surface area contributed by atoms with Crippen molar-refractivity contribution in [2.24, 2.45) is 0 Å². The number of esters is 1. The third kappa shape index (κ3) is 6.18. The molecular weight excluding hydrogens is 363 g/mol. The summed E-state index contributed by atoms with van der Waals surface area (Å²) in [4.78, 5) is 35.0. The fourth-order valence-electron chi connectivity index (χ4n) is 1.95. The standard InChI is InChI=1S/C18H16ClFN2O4/c19-13-7-5-12(6-8-13)18(25)21-10-9-17(24)26-11-16(23)22-15-4-2-1-3-14(15)20/h1-8H,9-11H2,(H,21,25)(H,22,23). The number of amides is 2. The van der Waals surface area contributed by atoms with Crippen LogP contribution >= 0.6 is 11.6 Å². The minimum Gasteiger partial charge on any atom is -0.456 e.